The van der Waals surface area contributed by atoms with E-state index in [9.17, 15) is 9.59 Å². The molecule has 0 saturated heterocycles. The number of benzene rings is 1. The first-order chi connectivity index (χ1) is 15.0. The molecule has 1 unspecified atom stereocenters. The highest BCUT2D eigenvalue weighted by Crippen LogP contribution is 2.35. The van der Waals surface area contributed by atoms with Crippen LogP contribution in [0.25, 0.3) is 6.08 Å². The zero-order valence-corrected chi connectivity index (χ0v) is 19.5. The number of nitrogens with one attached hydrogen (secondary N) is 1. The molecule has 0 radical (unpaired) electrons. The predicted octanol–water partition coefficient (Wildman–Crippen LogP) is 4.80. The number of methoxy groups -OCH3 is 1. The second-order valence-corrected chi connectivity index (χ2v) is 9.71. The van der Waals surface area contributed by atoms with Crippen molar-refractivity contribution in [3.63, 3.8) is 0 Å². The smallest absolute Gasteiger partial charge is 0.283 e. The second-order valence-electron chi connectivity index (χ2n) is 7.38. The molecule has 1 aliphatic heterocycles. The van der Waals surface area contributed by atoms with E-state index in [0.717, 1.165) is 4.88 Å². The second kappa shape index (κ2) is 9.46. The van der Waals surface area contributed by atoms with E-state index in [1.165, 1.54) is 48.0 Å². The van der Waals surface area contributed by atoms with Crippen molar-refractivity contribution < 1.29 is 14.3 Å². The summed E-state index contributed by atoms with van der Waals surface area (Å²) < 4.78 is 5.21. The number of nitrogens with zero attached hydrogens (tertiary/aromatic N) is 2. The Labute approximate surface area is 194 Å². The van der Waals surface area contributed by atoms with E-state index in [4.69, 9.17) is 16.3 Å². The van der Waals surface area contributed by atoms with Crippen molar-refractivity contribution in [2.75, 3.05) is 17.8 Å². The van der Waals surface area contributed by atoms with Crippen LogP contribution in [0.3, 0.4) is 0 Å². The summed E-state index contributed by atoms with van der Waals surface area (Å²) in [6, 6.07) is 9.14. The fraction of sp³-hybridized carbons (Fsp3) is 0.318. The number of halogens is 1. The fourth-order valence-electron chi connectivity index (χ4n) is 3.26. The highest BCUT2D eigenvalue weighted by Gasteiger charge is 2.33. The number of rotatable bonds is 7. The van der Waals surface area contributed by atoms with Gasteiger partial charge in [-0.25, -0.2) is 4.99 Å². The summed E-state index contributed by atoms with van der Waals surface area (Å²) in [5.41, 5.74) is 0.895. The zero-order valence-electron chi connectivity index (χ0n) is 17.1. The minimum absolute atomic E-state index is 0.0667. The first kappa shape index (κ1) is 21.9. The van der Waals surface area contributed by atoms with Gasteiger partial charge in [0.1, 0.15) is 11.4 Å². The number of carbonyl (C=O) groups excluding carboxylic acids is 2. The lowest BCUT2D eigenvalue weighted by molar-refractivity contribution is -0.119. The van der Waals surface area contributed by atoms with Gasteiger partial charge >= 0.3 is 0 Å². The van der Waals surface area contributed by atoms with Crippen LogP contribution < -0.4 is 15.0 Å². The lowest BCUT2D eigenvalue weighted by Gasteiger charge is -2.19. The number of amides is 2. The molecule has 1 saturated carbocycles. The standard InChI is InChI=1S/C22H22ClN3O3S2/c1-13(14-5-6-14)24-20(27)12-31-22-25-18(11-16-4-3-9-30-16)21(28)26(22)15-7-8-19(29-2)17(23)10-15/h3-4,7-11,13-14H,5-6,12H2,1-2H3,(H,24,27)/b18-11+. The summed E-state index contributed by atoms with van der Waals surface area (Å²) >= 11 is 9.05. The molecule has 1 aromatic heterocycles. The number of hydrogen-bond donors (Lipinski definition) is 1. The minimum Gasteiger partial charge on any atom is -0.495 e. The topological polar surface area (TPSA) is 71.0 Å². The van der Waals surface area contributed by atoms with E-state index in [2.05, 4.69) is 10.3 Å². The predicted molar refractivity (Wildman–Crippen MR) is 128 cm³/mol. The molecule has 2 heterocycles. The maximum absolute atomic E-state index is 13.2. The van der Waals surface area contributed by atoms with E-state index >= 15 is 0 Å². The summed E-state index contributed by atoms with van der Waals surface area (Å²) in [6.07, 6.45) is 4.09. The van der Waals surface area contributed by atoms with Gasteiger partial charge in [-0.1, -0.05) is 29.4 Å². The van der Waals surface area contributed by atoms with E-state index in [0.29, 0.717) is 33.2 Å². The van der Waals surface area contributed by atoms with Crippen LogP contribution in [0.5, 0.6) is 5.75 Å². The molecular formula is C22H22ClN3O3S2. The van der Waals surface area contributed by atoms with Crippen LogP contribution in [0.2, 0.25) is 5.02 Å². The third-order valence-corrected chi connectivity index (χ3v) is 7.15. The van der Waals surface area contributed by atoms with Gasteiger partial charge in [0.15, 0.2) is 5.17 Å². The molecule has 162 valence electrons. The van der Waals surface area contributed by atoms with E-state index in [-0.39, 0.29) is 23.6 Å². The molecule has 0 spiro atoms. The van der Waals surface area contributed by atoms with Crippen molar-refractivity contribution in [1.82, 2.24) is 5.32 Å². The van der Waals surface area contributed by atoms with Crippen LogP contribution in [0.15, 0.2) is 46.4 Å². The van der Waals surface area contributed by atoms with Crippen LogP contribution in [-0.2, 0) is 9.59 Å². The average Bonchev–Trinajstić information content (AvgIpc) is 3.40. The third kappa shape index (κ3) is 5.14. The number of ether oxygens (including phenoxy) is 1. The Morgan fingerprint density at radius 2 is 2.26 bits per heavy atom. The lowest BCUT2D eigenvalue weighted by Crippen LogP contribution is -2.36. The van der Waals surface area contributed by atoms with Crippen LogP contribution in [-0.4, -0.2) is 35.9 Å². The van der Waals surface area contributed by atoms with Crippen LogP contribution in [0, 0.1) is 5.92 Å². The monoisotopic (exact) mass is 475 g/mol. The van der Waals surface area contributed by atoms with Gasteiger partial charge < -0.3 is 10.1 Å². The number of thioether (sulfide) groups is 1. The minimum atomic E-state index is -0.260. The Kier molecular flexibility index (Phi) is 6.69. The largest absolute Gasteiger partial charge is 0.495 e. The molecule has 4 rings (SSSR count). The van der Waals surface area contributed by atoms with Gasteiger partial charge in [-0.2, -0.15) is 0 Å². The molecule has 2 amide bonds. The van der Waals surface area contributed by atoms with Crippen LogP contribution in [0.1, 0.15) is 24.6 Å². The number of carbonyl (C=O) groups is 2. The van der Waals surface area contributed by atoms with Crippen molar-refractivity contribution in [3.05, 3.63) is 51.3 Å². The highest BCUT2D eigenvalue weighted by molar-refractivity contribution is 8.14. The van der Waals surface area contributed by atoms with Gasteiger partial charge in [0.05, 0.1) is 23.6 Å². The van der Waals surface area contributed by atoms with E-state index in [1.54, 1.807) is 24.3 Å². The van der Waals surface area contributed by atoms with Crippen LogP contribution in [0.4, 0.5) is 5.69 Å². The summed E-state index contributed by atoms with van der Waals surface area (Å²) in [7, 11) is 1.54. The molecule has 2 aromatic rings. The zero-order chi connectivity index (χ0) is 22.0. The molecular weight excluding hydrogens is 454 g/mol. The van der Waals surface area contributed by atoms with Gasteiger partial charge in [0, 0.05) is 10.9 Å². The summed E-state index contributed by atoms with van der Waals surface area (Å²) in [5.74, 6) is 0.950. The Bertz CT molecular complexity index is 1050. The van der Waals surface area contributed by atoms with Crippen molar-refractivity contribution in [2.45, 2.75) is 25.8 Å². The summed E-state index contributed by atoms with van der Waals surface area (Å²) in [5, 5.41) is 5.82. The number of hydrogen-bond acceptors (Lipinski definition) is 6. The molecule has 1 aromatic carbocycles. The van der Waals surface area contributed by atoms with Crippen molar-refractivity contribution in [3.8, 4) is 5.75 Å². The van der Waals surface area contributed by atoms with E-state index < -0.39 is 0 Å². The Morgan fingerprint density at radius 1 is 1.45 bits per heavy atom. The Balaban J connectivity index is 1.56. The fourth-order valence-corrected chi connectivity index (χ4v) is 4.99. The maximum Gasteiger partial charge on any atom is 0.283 e. The van der Waals surface area contributed by atoms with Crippen molar-refractivity contribution >= 4 is 63.4 Å². The summed E-state index contributed by atoms with van der Waals surface area (Å²) in [4.78, 5) is 32.6. The van der Waals surface area contributed by atoms with Crippen LogP contribution >= 0.6 is 34.7 Å². The van der Waals surface area contributed by atoms with Gasteiger partial charge in [-0.05, 0) is 61.4 Å². The van der Waals surface area contributed by atoms with Gasteiger partial charge in [0.2, 0.25) is 5.91 Å². The Morgan fingerprint density at radius 3 is 2.90 bits per heavy atom. The first-order valence-corrected chi connectivity index (χ1v) is 12.1. The molecule has 1 N–H and O–H groups in total. The number of thiophene rings is 1. The number of aliphatic imine (C=N–C) groups is 1. The van der Waals surface area contributed by atoms with Crippen molar-refractivity contribution in [1.29, 1.82) is 0 Å². The van der Waals surface area contributed by atoms with Gasteiger partial charge in [-0.3, -0.25) is 14.5 Å². The summed E-state index contributed by atoms with van der Waals surface area (Å²) in [6.45, 7) is 2.03. The van der Waals surface area contributed by atoms with Gasteiger partial charge in [-0.15, -0.1) is 11.3 Å². The molecule has 0 bridgehead atoms. The average molecular weight is 476 g/mol. The molecule has 1 atom stereocenters. The van der Waals surface area contributed by atoms with Crippen molar-refractivity contribution in [2.24, 2.45) is 10.9 Å². The molecule has 9 heteroatoms. The molecule has 6 nitrogen and oxygen atoms in total. The lowest BCUT2D eigenvalue weighted by atomic mass is 10.2. The molecule has 31 heavy (non-hydrogen) atoms. The number of anilines is 1. The SMILES string of the molecule is COc1ccc(N2C(=O)/C(=C\c3cccs3)N=C2SCC(=O)NC(C)C2CC2)cc1Cl. The highest BCUT2D eigenvalue weighted by atomic mass is 35.5. The molecule has 2 aliphatic rings. The maximum atomic E-state index is 13.2. The Hall–Kier alpha value is -2.29. The molecule has 1 fully saturated rings. The quantitative estimate of drug-likeness (QED) is 0.584. The first-order valence-electron chi connectivity index (χ1n) is 9.90. The van der Waals surface area contributed by atoms with E-state index in [1.807, 2.05) is 24.4 Å². The third-order valence-electron chi connectivity index (χ3n) is 5.10. The van der Waals surface area contributed by atoms with Gasteiger partial charge in [0.25, 0.3) is 5.91 Å². The molecule has 1 aliphatic carbocycles. The number of amidine groups is 1. The normalized spacial score (nSPS) is 18.3.